The molecule has 100 valence electrons. The molecule has 0 saturated heterocycles. The van der Waals surface area contributed by atoms with Gasteiger partial charge in [0.2, 0.25) is 10.0 Å². The number of carbonyl (C=O) groups is 1. The number of aliphatic carboxylic acids is 1. The van der Waals surface area contributed by atoms with Crippen LogP contribution in [0.1, 0.15) is 12.0 Å². The zero-order valence-electron chi connectivity index (χ0n) is 9.84. The van der Waals surface area contributed by atoms with Crippen molar-refractivity contribution >= 4 is 31.9 Å². The molecule has 0 spiro atoms. The third-order valence-electron chi connectivity index (χ3n) is 2.38. The van der Waals surface area contributed by atoms with Crippen molar-refractivity contribution in [3.05, 3.63) is 34.3 Å². The summed E-state index contributed by atoms with van der Waals surface area (Å²) < 4.78 is 25.8. The van der Waals surface area contributed by atoms with Gasteiger partial charge in [-0.3, -0.25) is 4.79 Å². The molecule has 0 amide bonds. The fourth-order valence-electron chi connectivity index (χ4n) is 1.29. The largest absolute Gasteiger partial charge is 0.481 e. The molecule has 0 aromatic heterocycles. The third kappa shape index (κ3) is 4.75. The first kappa shape index (κ1) is 15.1. The number of benzene rings is 1. The van der Waals surface area contributed by atoms with Crippen molar-refractivity contribution in [1.82, 2.24) is 4.31 Å². The number of hydrogen-bond donors (Lipinski definition) is 1. The number of carboxylic acids is 1. The molecule has 1 aromatic carbocycles. The first-order valence-corrected chi connectivity index (χ1v) is 7.62. The van der Waals surface area contributed by atoms with Gasteiger partial charge in [-0.1, -0.05) is 28.1 Å². The summed E-state index contributed by atoms with van der Waals surface area (Å²) in [6.45, 7) is -0.0196. The normalized spacial score (nSPS) is 11.7. The van der Waals surface area contributed by atoms with E-state index in [1.54, 1.807) is 24.3 Å². The van der Waals surface area contributed by atoms with E-state index in [9.17, 15) is 13.2 Å². The predicted molar refractivity (Wildman–Crippen MR) is 71.6 cm³/mol. The molecule has 7 heteroatoms. The van der Waals surface area contributed by atoms with Crippen LogP contribution in [0, 0.1) is 0 Å². The lowest BCUT2D eigenvalue weighted by atomic mass is 10.2. The van der Waals surface area contributed by atoms with Gasteiger partial charge in [0.1, 0.15) is 0 Å². The van der Waals surface area contributed by atoms with Crippen LogP contribution in [0.25, 0.3) is 0 Å². The average Bonchev–Trinajstić information content (AvgIpc) is 2.28. The zero-order valence-corrected chi connectivity index (χ0v) is 12.2. The van der Waals surface area contributed by atoms with Crippen LogP contribution in [0.2, 0.25) is 0 Å². The fraction of sp³-hybridized carbons (Fsp3) is 0.364. The second kappa shape index (κ2) is 6.31. The van der Waals surface area contributed by atoms with Gasteiger partial charge in [0.15, 0.2) is 0 Å². The van der Waals surface area contributed by atoms with E-state index in [0.29, 0.717) is 5.56 Å². The van der Waals surface area contributed by atoms with Gasteiger partial charge in [0.05, 0.1) is 12.2 Å². The lowest BCUT2D eigenvalue weighted by molar-refractivity contribution is -0.137. The zero-order chi connectivity index (χ0) is 13.8. The summed E-state index contributed by atoms with van der Waals surface area (Å²) in [6, 6.07) is 6.96. The van der Waals surface area contributed by atoms with Crippen LogP contribution in [0.5, 0.6) is 0 Å². The van der Waals surface area contributed by atoms with Crippen LogP contribution in [0.3, 0.4) is 0 Å². The van der Waals surface area contributed by atoms with Crippen LogP contribution in [-0.2, 0) is 20.6 Å². The Morgan fingerprint density at radius 1 is 1.33 bits per heavy atom. The van der Waals surface area contributed by atoms with E-state index >= 15 is 0 Å². The number of carboxylic acid groups (broad SMARTS) is 1. The maximum absolute atomic E-state index is 11.9. The molecule has 0 saturated carbocycles. The Bertz CT molecular complexity index is 512. The average molecular weight is 336 g/mol. The molecule has 0 aliphatic heterocycles. The van der Waals surface area contributed by atoms with E-state index < -0.39 is 16.0 Å². The van der Waals surface area contributed by atoms with E-state index in [4.69, 9.17) is 5.11 Å². The third-order valence-corrected chi connectivity index (χ3v) is 4.74. The van der Waals surface area contributed by atoms with Crippen molar-refractivity contribution in [3.63, 3.8) is 0 Å². The number of halogens is 1. The summed E-state index contributed by atoms with van der Waals surface area (Å²) in [5, 5.41) is 8.52. The number of hydrogen-bond acceptors (Lipinski definition) is 3. The summed E-state index contributed by atoms with van der Waals surface area (Å²) in [7, 11) is -2.08. The lowest BCUT2D eigenvalue weighted by Gasteiger charge is -2.16. The molecule has 0 bridgehead atoms. The summed E-state index contributed by atoms with van der Waals surface area (Å²) in [4.78, 5) is 10.4. The molecule has 0 unspecified atom stereocenters. The molecule has 0 fully saturated rings. The van der Waals surface area contributed by atoms with Crippen molar-refractivity contribution in [2.45, 2.75) is 12.2 Å². The van der Waals surface area contributed by atoms with Crippen LogP contribution < -0.4 is 0 Å². The standard InChI is InChI=1S/C11H14BrNO4S/c1-13(7-6-11(14)15)18(16,17)8-9-2-4-10(12)5-3-9/h2-5H,6-8H2,1H3,(H,14,15). The monoisotopic (exact) mass is 335 g/mol. The maximum atomic E-state index is 11.9. The highest BCUT2D eigenvalue weighted by molar-refractivity contribution is 9.10. The molecule has 0 atom stereocenters. The van der Waals surface area contributed by atoms with Gasteiger partial charge in [0.25, 0.3) is 0 Å². The maximum Gasteiger partial charge on any atom is 0.304 e. The van der Waals surface area contributed by atoms with Crippen LogP contribution >= 0.6 is 15.9 Å². The second-order valence-corrected chi connectivity index (χ2v) is 6.84. The quantitative estimate of drug-likeness (QED) is 0.858. The minimum atomic E-state index is -3.47. The lowest BCUT2D eigenvalue weighted by Crippen LogP contribution is -2.30. The van der Waals surface area contributed by atoms with Gasteiger partial charge in [-0.25, -0.2) is 12.7 Å². The molecule has 1 rings (SSSR count). The van der Waals surface area contributed by atoms with Gasteiger partial charge in [-0.2, -0.15) is 0 Å². The Labute approximate surface area is 115 Å². The first-order valence-electron chi connectivity index (χ1n) is 5.21. The van der Waals surface area contributed by atoms with Gasteiger partial charge in [-0.05, 0) is 17.7 Å². The second-order valence-electron chi connectivity index (χ2n) is 3.85. The highest BCUT2D eigenvalue weighted by atomic mass is 79.9. The summed E-state index contributed by atoms with van der Waals surface area (Å²) >= 11 is 3.27. The minimum absolute atomic E-state index is 0.0196. The van der Waals surface area contributed by atoms with E-state index in [-0.39, 0.29) is 18.7 Å². The molecule has 1 aromatic rings. The topological polar surface area (TPSA) is 74.7 Å². The SMILES string of the molecule is CN(CCC(=O)O)S(=O)(=O)Cc1ccc(Br)cc1. The predicted octanol–water partition coefficient (Wildman–Crippen LogP) is 1.69. The molecule has 0 aliphatic rings. The first-order chi connectivity index (χ1) is 8.31. The molecular weight excluding hydrogens is 322 g/mol. The fourth-order valence-corrected chi connectivity index (χ4v) is 2.76. The van der Waals surface area contributed by atoms with Crippen molar-refractivity contribution in [1.29, 1.82) is 0 Å². The van der Waals surface area contributed by atoms with Crippen LogP contribution in [-0.4, -0.2) is 37.4 Å². The molecule has 0 radical (unpaired) electrons. The number of sulfonamides is 1. The summed E-state index contributed by atoms with van der Waals surface area (Å²) in [5.74, 6) is -1.14. The molecule has 1 N–H and O–H groups in total. The van der Waals surface area contributed by atoms with E-state index in [1.165, 1.54) is 7.05 Å². The van der Waals surface area contributed by atoms with E-state index in [2.05, 4.69) is 15.9 Å². The van der Waals surface area contributed by atoms with Gasteiger partial charge >= 0.3 is 5.97 Å². The van der Waals surface area contributed by atoms with Gasteiger partial charge < -0.3 is 5.11 Å². The summed E-state index contributed by atoms with van der Waals surface area (Å²) in [5.41, 5.74) is 0.667. The Kier molecular flexibility index (Phi) is 5.30. The molecule has 0 aliphatic carbocycles. The van der Waals surface area contributed by atoms with Crippen molar-refractivity contribution in [2.75, 3.05) is 13.6 Å². The molecule has 0 heterocycles. The van der Waals surface area contributed by atoms with Crippen molar-refractivity contribution < 1.29 is 18.3 Å². The highest BCUT2D eigenvalue weighted by Gasteiger charge is 2.19. The summed E-state index contributed by atoms with van der Waals surface area (Å²) in [6.07, 6.45) is -0.198. The van der Waals surface area contributed by atoms with Crippen molar-refractivity contribution in [2.24, 2.45) is 0 Å². The smallest absolute Gasteiger partial charge is 0.304 e. The molecule has 5 nitrogen and oxygen atoms in total. The highest BCUT2D eigenvalue weighted by Crippen LogP contribution is 2.14. The Balaban J connectivity index is 2.69. The molecule has 18 heavy (non-hydrogen) atoms. The minimum Gasteiger partial charge on any atom is -0.481 e. The van der Waals surface area contributed by atoms with Crippen molar-refractivity contribution in [3.8, 4) is 0 Å². The van der Waals surface area contributed by atoms with E-state index in [0.717, 1.165) is 8.78 Å². The molecular formula is C11H14BrNO4S. The van der Waals surface area contributed by atoms with Gasteiger partial charge in [0, 0.05) is 18.1 Å². The van der Waals surface area contributed by atoms with Crippen LogP contribution in [0.15, 0.2) is 28.7 Å². The van der Waals surface area contributed by atoms with Gasteiger partial charge in [-0.15, -0.1) is 0 Å². The number of nitrogens with zero attached hydrogens (tertiary/aromatic N) is 1. The Morgan fingerprint density at radius 2 is 1.89 bits per heavy atom. The number of rotatable bonds is 6. The Hall–Kier alpha value is -0.920. The Morgan fingerprint density at radius 3 is 2.39 bits per heavy atom. The van der Waals surface area contributed by atoms with E-state index in [1.807, 2.05) is 0 Å². The van der Waals surface area contributed by atoms with Crippen LogP contribution in [0.4, 0.5) is 0 Å².